The van der Waals surface area contributed by atoms with Gasteiger partial charge in [0.2, 0.25) is 0 Å². The smallest absolute Gasteiger partial charge is 0.0773 e. The molecule has 1 aliphatic carbocycles. The van der Waals surface area contributed by atoms with E-state index in [0.29, 0.717) is 19.3 Å². The Morgan fingerprint density at radius 3 is 2.53 bits per heavy atom. The summed E-state index contributed by atoms with van der Waals surface area (Å²) in [7, 11) is 3.42. The van der Waals surface area contributed by atoms with Crippen LogP contribution in [0.15, 0.2) is 0 Å². The molecule has 1 rings (SSSR count). The second kappa shape index (κ2) is 6.43. The Morgan fingerprint density at radius 1 is 1.33 bits per heavy atom. The molecule has 0 atom stereocenters. The molecule has 0 aliphatic heterocycles. The van der Waals surface area contributed by atoms with E-state index in [2.05, 4.69) is 5.32 Å². The van der Waals surface area contributed by atoms with Crippen LogP contribution in [0.5, 0.6) is 0 Å². The Kier molecular flexibility index (Phi) is 5.53. The first kappa shape index (κ1) is 12.9. The van der Waals surface area contributed by atoms with E-state index in [0.717, 1.165) is 32.2 Å². The highest BCUT2D eigenvalue weighted by molar-refractivity contribution is 4.87. The largest absolute Gasteiger partial charge is 0.389 e. The van der Waals surface area contributed by atoms with E-state index >= 15 is 0 Å². The predicted octanol–water partition coefficient (Wildman–Crippen LogP) is 0.542. The van der Waals surface area contributed by atoms with Gasteiger partial charge in [0.25, 0.3) is 0 Å². The van der Waals surface area contributed by atoms with Gasteiger partial charge in [-0.2, -0.15) is 0 Å². The Labute approximate surface area is 92.0 Å². The highest BCUT2D eigenvalue weighted by Crippen LogP contribution is 2.28. The topological polar surface area (TPSA) is 50.7 Å². The van der Waals surface area contributed by atoms with E-state index in [9.17, 15) is 5.11 Å². The summed E-state index contributed by atoms with van der Waals surface area (Å²) in [4.78, 5) is 0. The third-order valence-corrected chi connectivity index (χ3v) is 3.13. The Hall–Kier alpha value is -0.160. The molecule has 90 valence electrons. The maximum absolute atomic E-state index is 10.2. The zero-order valence-electron chi connectivity index (χ0n) is 9.79. The quantitative estimate of drug-likeness (QED) is 0.638. The zero-order valence-corrected chi connectivity index (χ0v) is 9.79. The van der Waals surface area contributed by atoms with Gasteiger partial charge in [-0.25, -0.2) is 0 Å². The minimum Gasteiger partial charge on any atom is -0.389 e. The average Bonchev–Trinajstić information content (AvgIpc) is 2.26. The Bertz CT molecular complexity index is 167. The lowest BCUT2D eigenvalue weighted by Gasteiger charge is -2.35. The number of methoxy groups -OCH3 is 2. The van der Waals surface area contributed by atoms with Crippen molar-refractivity contribution in [3.8, 4) is 0 Å². The molecule has 0 unspecified atom stereocenters. The van der Waals surface area contributed by atoms with Crippen molar-refractivity contribution in [2.24, 2.45) is 0 Å². The minimum atomic E-state index is -0.539. The van der Waals surface area contributed by atoms with Crippen LogP contribution in [0, 0.1) is 0 Å². The summed E-state index contributed by atoms with van der Waals surface area (Å²) >= 11 is 0. The van der Waals surface area contributed by atoms with Crippen molar-refractivity contribution in [2.45, 2.75) is 37.4 Å². The summed E-state index contributed by atoms with van der Waals surface area (Å²) in [6, 6.07) is 0. The van der Waals surface area contributed by atoms with E-state index in [4.69, 9.17) is 9.47 Å². The highest BCUT2D eigenvalue weighted by atomic mass is 16.5. The number of aliphatic hydroxyl groups is 1. The molecule has 1 saturated carbocycles. The number of hydrogen-bond acceptors (Lipinski definition) is 4. The van der Waals surface area contributed by atoms with Crippen LogP contribution < -0.4 is 5.32 Å². The van der Waals surface area contributed by atoms with Gasteiger partial charge in [-0.05, 0) is 25.7 Å². The van der Waals surface area contributed by atoms with E-state index in [1.165, 1.54) is 0 Å². The second-order valence-corrected chi connectivity index (χ2v) is 4.33. The monoisotopic (exact) mass is 217 g/mol. The molecule has 1 aliphatic rings. The third kappa shape index (κ3) is 4.47. The van der Waals surface area contributed by atoms with Crippen LogP contribution in [0.2, 0.25) is 0 Å². The first-order valence-electron chi connectivity index (χ1n) is 5.65. The molecule has 0 heterocycles. The summed E-state index contributed by atoms with van der Waals surface area (Å²) < 4.78 is 10.2. The molecule has 2 N–H and O–H groups in total. The molecule has 0 spiro atoms. The molecule has 0 bridgehead atoms. The number of ether oxygens (including phenoxy) is 2. The summed E-state index contributed by atoms with van der Waals surface area (Å²) in [5.41, 5.74) is -0.539. The van der Waals surface area contributed by atoms with Crippen molar-refractivity contribution < 1.29 is 14.6 Å². The predicted molar refractivity (Wildman–Crippen MR) is 59.0 cm³/mol. The molecule has 15 heavy (non-hydrogen) atoms. The minimum absolute atomic E-state index is 0.337. The molecule has 1 fully saturated rings. The van der Waals surface area contributed by atoms with Gasteiger partial charge in [-0.15, -0.1) is 0 Å². The molecular weight excluding hydrogens is 194 g/mol. The van der Waals surface area contributed by atoms with Crippen LogP contribution >= 0.6 is 0 Å². The highest BCUT2D eigenvalue weighted by Gasteiger charge is 2.32. The van der Waals surface area contributed by atoms with Crippen LogP contribution in [0.1, 0.15) is 25.7 Å². The lowest BCUT2D eigenvalue weighted by atomic mass is 9.83. The SMILES string of the molecule is COCCNCC1(O)CCC(OC)CC1. The van der Waals surface area contributed by atoms with Crippen LogP contribution in [-0.2, 0) is 9.47 Å². The van der Waals surface area contributed by atoms with E-state index < -0.39 is 5.60 Å². The molecule has 0 aromatic carbocycles. The van der Waals surface area contributed by atoms with Gasteiger partial charge in [0.15, 0.2) is 0 Å². The number of rotatable bonds is 6. The summed E-state index contributed by atoms with van der Waals surface area (Å²) in [5.74, 6) is 0. The second-order valence-electron chi connectivity index (χ2n) is 4.33. The maximum Gasteiger partial charge on any atom is 0.0773 e. The fraction of sp³-hybridized carbons (Fsp3) is 1.00. The van der Waals surface area contributed by atoms with Gasteiger partial charge in [0.1, 0.15) is 0 Å². The summed E-state index contributed by atoms with van der Waals surface area (Å²) in [5, 5.41) is 13.4. The third-order valence-electron chi connectivity index (χ3n) is 3.13. The fourth-order valence-electron chi connectivity index (χ4n) is 2.04. The molecule has 0 radical (unpaired) electrons. The van der Waals surface area contributed by atoms with Crippen LogP contribution in [0.25, 0.3) is 0 Å². The Balaban J connectivity index is 2.17. The van der Waals surface area contributed by atoms with Crippen LogP contribution in [0.4, 0.5) is 0 Å². The molecule has 0 aromatic heterocycles. The summed E-state index contributed by atoms with van der Waals surface area (Å²) in [6.07, 6.45) is 3.90. The fourth-order valence-corrected chi connectivity index (χ4v) is 2.04. The molecule has 4 nitrogen and oxygen atoms in total. The normalized spacial score (nSPS) is 31.8. The average molecular weight is 217 g/mol. The first-order valence-corrected chi connectivity index (χ1v) is 5.65. The molecule has 0 saturated heterocycles. The van der Waals surface area contributed by atoms with Crippen LogP contribution in [-0.4, -0.2) is 50.7 Å². The summed E-state index contributed by atoms with van der Waals surface area (Å²) in [6.45, 7) is 2.15. The van der Waals surface area contributed by atoms with E-state index in [1.54, 1.807) is 14.2 Å². The van der Waals surface area contributed by atoms with Crippen molar-refractivity contribution in [2.75, 3.05) is 33.9 Å². The van der Waals surface area contributed by atoms with Gasteiger partial charge in [0, 0.05) is 27.3 Å². The van der Waals surface area contributed by atoms with Crippen molar-refractivity contribution in [1.82, 2.24) is 5.32 Å². The van der Waals surface area contributed by atoms with E-state index in [1.807, 2.05) is 0 Å². The van der Waals surface area contributed by atoms with Gasteiger partial charge in [0.05, 0.1) is 18.3 Å². The van der Waals surface area contributed by atoms with Gasteiger partial charge in [-0.1, -0.05) is 0 Å². The van der Waals surface area contributed by atoms with Crippen molar-refractivity contribution in [3.05, 3.63) is 0 Å². The van der Waals surface area contributed by atoms with Crippen LogP contribution in [0.3, 0.4) is 0 Å². The van der Waals surface area contributed by atoms with Crippen molar-refractivity contribution in [3.63, 3.8) is 0 Å². The number of hydrogen-bond donors (Lipinski definition) is 2. The Morgan fingerprint density at radius 2 is 2.00 bits per heavy atom. The molecule has 4 heteroatoms. The van der Waals surface area contributed by atoms with Crippen molar-refractivity contribution >= 4 is 0 Å². The molecule has 0 amide bonds. The zero-order chi connectivity index (χ0) is 11.1. The standard InChI is InChI=1S/C11H23NO3/c1-14-8-7-12-9-11(13)5-3-10(15-2)4-6-11/h10,12-13H,3-9H2,1-2H3. The lowest BCUT2D eigenvalue weighted by Crippen LogP contribution is -2.45. The lowest BCUT2D eigenvalue weighted by molar-refractivity contribution is -0.0422. The molecular formula is C11H23NO3. The van der Waals surface area contributed by atoms with Crippen molar-refractivity contribution in [1.29, 1.82) is 0 Å². The maximum atomic E-state index is 10.2. The van der Waals surface area contributed by atoms with Gasteiger partial charge >= 0.3 is 0 Å². The number of nitrogens with one attached hydrogen (secondary N) is 1. The van der Waals surface area contributed by atoms with Gasteiger partial charge in [-0.3, -0.25) is 0 Å². The molecule has 0 aromatic rings. The van der Waals surface area contributed by atoms with E-state index in [-0.39, 0.29) is 0 Å². The first-order chi connectivity index (χ1) is 7.20. The van der Waals surface area contributed by atoms with Gasteiger partial charge < -0.3 is 19.9 Å².